The molecule has 7 nitrogen and oxygen atoms in total. The Morgan fingerprint density at radius 1 is 1.60 bits per heavy atom. The summed E-state index contributed by atoms with van der Waals surface area (Å²) >= 11 is 1.54. The van der Waals surface area contributed by atoms with Gasteiger partial charge < -0.3 is 10.1 Å². The molecule has 8 heteroatoms. The van der Waals surface area contributed by atoms with Gasteiger partial charge in [0, 0.05) is 13.2 Å². The molecule has 1 saturated heterocycles. The Labute approximate surface area is 119 Å². The number of carbonyl (C=O) groups excluding carboxylic acids is 1. The molecule has 1 aliphatic heterocycles. The molecule has 106 valence electrons. The number of ether oxygens (including phenoxy) is 1. The van der Waals surface area contributed by atoms with Crippen LogP contribution in [0.2, 0.25) is 0 Å². The largest absolute Gasteiger partial charge is 0.376 e. The number of tetrazole rings is 1. The third-order valence-corrected chi connectivity index (χ3v) is 3.90. The monoisotopic (exact) mass is 293 g/mol. The molecule has 2 aromatic heterocycles. The van der Waals surface area contributed by atoms with Gasteiger partial charge in [-0.3, -0.25) is 4.79 Å². The van der Waals surface area contributed by atoms with Crippen molar-refractivity contribution >= 4 is 17.2 Å². The molecule has 0 saturated carbocycles. The molecule has 1 atom stereocenters. The highest BCUT2D eigenvalue weighted by molar-refractivity contribution is 7.13. The predicted octanol–water partition coefficient (Wildman–Crippen LogP) is 0.697. The van der Waals surface area contributed by atoms with Crippen LogP contribution in [-0.2, 0) is 16.1 Å². The van der Waals surface area contributed by atoms with Crippen LogP contribution in [0.1, 0.15) is 12.8 Å². The van der Waals surface area contributed by atoms with E-state index in [-0.39, 0.29) is 18.6 Å². The van der Waals surface area contributed by atoms with Crippen molar-refractivity contribution in [2.45, 2.75) is 25.5 Å². The van der Waals surface area contributed by atoms with Crippen LogP contribution in [0.15, 0.2) is 17.5 Å². The first-order valence-electron chi connectivity index (χ1n) is 6.51. The van der Waals surface area contributed by atoms with Crippen molar-refractivity contribution in [3.63, 3.8) is 0 Å². The van der Waals surface area contributed by atoms with Crippen molar-refractivity contribution in [1.82, 2.24) is 25.5 Å². The van der Waals surface area contributed by atoms with E-state index in [2.05, 4.69) is 20.7 Å². The Kier molecular flexibility index (Phi) is 4.03. The maximum absolute atomic E-state index is 11.8. The van der Waals surface area contributed by atoms with Gasteiger partial charge in [-0.1, -0.05) is 6.07 Å². The Hall–Kier alpha value is -1.80. The number of amides is 1. The maximum atomic E-state index is 11.8. The summed E-state index contributed by atoms with van der Waals surface area (Å²) < 4.78 is 5.44. The molecule has 1 amide bonds. The number of hydrogen-bond acceptors (Lipinski definition) is 6. The van der Waals surface area contributed by atoms with Crippen molar-refractivity contribution in [1.29, 1.82) is 0 Å². The topological polar surface area (TPSA) is 81.9 Å². The number of nitrogens with one attached hydrogen (secondary N) is 1. The molecular formula is C12H15N5O2S. The zero-order chi connectivity index (χ0) is 13.8. The van der Waals surface area contributed by atoms with E-state index < -0.39 is 0 Å². The molecular weight excluding hydrogens is 278 g/mol. The number of aromatic nitrogens is 4. The molecule has 3 heterocycles. The predicted molar refractivity (Wildman–Crippen MR) is 73.1 cm³/mol. The van der Waals surface area contributed by atoms with Gasteiger partial charge in [0.2, 0.25) is 11.7 Å². The van der Waals surface area contributed by atoms with Crippen LogP contribution in [0.3, 0.4) is 0 Å². The van der Waals surface area contributed by atoms with Gasteiger partial charge in [0.25, 0.3) is 0 Å². The van der Waals surface area contributed by atoms with Gasteiger partial charge in [-0.15, -0.1) is 21.5 Å². The second-order valence-electron chi connectivity index (χ2n) is 4.56. The molecule has 2 aromatic rings. The maximum Gasteiger partial charge on any atom is 0.243 e. The van der Waals surface area contributed by atoms with E-state index in [1.54, 1.807) is 0 Å². The zero-order valence-electron chi connectivity index (χ0n) is 10.9. The van der Waals surface area contributed by atoms with Crippen LogP contribution >= 0.6 is 11.3 Å². The highest BCUT2D eigenvalue weighted by Gasteiger charge is 2.16. The minimum atomic E-state index is -0.129. The summed E-state index contributed by atoms with van der Waals surface area (Å²) in [6.07, 6.45) is 2.21. The summed E-state index contributed by atoms with van der Waals surface area (Å²) in [4.78, 5) is 14.0. The molecule has 1 fully saturated rings. The van der Waals surface area contributed by atoms with Crippen LogP contribution in [0.25, 0.3) is 10.7 Å². The van der Waals surface area contributed by atoms with Crippen molar-refractivity contribution in [2.75, 3.05) is 13.2 Å². The normalized spacial score (nSPS) is 18.3. The average molecular weight is 293 g/mol. The van der Waals surface area contributed by atoms with E-state index in [4.69, 9.17) is 4.74 Å². The molecule has 0 aromatic carbocycles. The zero-order valence-corrected chi connectivity index (χ0v) is 11.7. The lowest BCUT2D eigenvalue weighted by Gasteiger charge is -2.09. The lowest BCUT2D eigenvalue weighted by Crippen LogP contribution is -2.34. The van der Waals surface area contributed by atoms with E-state index in [0.29, 0.717) is 12.4 Å². The van der Waals surface area contributed by atoms with Gasteiger partial charge in [0.05, 0.1) is 11.0 Å². The molecule has 0 bridgehead atoms. The molecule has 0 radical (unpaired) electrons. The standard InChI is InChI=1S/C12H15N5O2S/c18-11(13-7-9-3-1-5-19-9)8-17-15-12(14-16-17)10-4-2-6-20-10/h2,4,6,9H,1,3,5,7-8H2,(H,13,18)/t9-/m1/s1. The number of rotatable bonds is 5. The van der Waals surface area contributed by atoms with Gasteiger partial charge in [0.1, 0.15) is 6.54 Å². The van der Waals surface area contributed by atoms with Crippen molar-refractivity contribution in [3.8, 4) is 10.7 Å². The summed E-state index contributed by atoms with van der Waals surface area (Å²) in [5.74, 6) is 0.419. The minimum absolute atomic E-state index is 0.0745. The van der Waals surface area contributed by atoms with E-state index in [1.807, 2.05) is 17.5 Å². The fourth-order valence-corrected chi connectivity index (χ4v) is 2.68. The van der Waals surface area contributed by atoms with Gasteiger partial charge in [-0.05, 0) is 29.5 Å². The second kappa shape index (κ2) is 6.10. The van der Waals surface area contributed by atoms with Crippen LogP contribution in [0.5, 0.6) is 0 Å². The number of carbonyl (C=O) groups is 1. The number of nitrogens with zero attached hydrogens (tertiary/aromatic N) is 4. The van der Waals surface area contributed by atoms with E-state index in [9.17, 15) is 4.79 Å². The van der Waals surface area contributed by atoms with Crippen LogP contribution in [-0.4, -0.2) is 45.4 Å². The summed E-state index contributed by atoms with van der Waals surface area (Å²) in [5.41, 5.74) is 0. The Balaban J connectivity index is 1.51. The summed E-state index contributed by atoms with van der Waals surface area (Å²) in [6, 6.07) is 3.85. The molecule has 3 rings (SSSR count). The van der Waals surface area contributed by atoms with E-state index >= 15 is 0 Å². The Bertz CT molecular complexity index is 562. The first-order valence-corrected chi connectivity index (χ1v) is 7.39. The highest BCUT2D eigenvalue weighted by Crippen LogP contribution is 2.19. The lowest BCUT2D eigenvalue weighted by atomic mass is 10.2. The summed E-state index contributed by atoms with van der Waals surface area (Å²) in [6.45, 7) is 1.41. The quantitative estimate of drug-likeness (QED) is 0.877. The molecule has 1 aliphatic rings. The number of hydrogen-bond donors (Lipinski definition) is 1. The van der Waals surface area contributed by atoms with Crippen LogP contribution < -0.4 is 5.32 Å². The van der Waals surface area contributed by atoms with Crippen LogP contribution in [0.4, 0.5) is 0 Å². The molecule has 20 heavy (non-hydrogen) atoms. The van der Waals surface area contributed by atoms with Gasteiger partial charge >= 0.3 is 0 Å². The third-order valence-electron chi connectivity index (χ3n) is 3.03. The van der Waals surface area contributed by atoms with E-state index in [1.165, 1.54) is 16.1 Å². The van der Waals surface area contributed by atoms with E-state index in [0.717, 1.165) is 24.3 Å². The molecule has 0 unspecified atom stereocenters. The smallest absolute Gasteiger partial charge is 0.243 e. The first kappa shape index (κ1) is 13.2. The molecule has 1 N–H and O–H groups in total. The highest BCUT2D eigenvalue weighted by atomic mass is 32.1. The van der Waals surface area contributed by atoms with Crippen LogP contribution in [0, 0.1) is 0 Å². The first-order chi connectivity index (χ1) is 9.81. The third kappa shape index (κ3) is 3.20. The minimum Gasteiger partial charge on any atom is -0.376 e. The Morgan fingerprint density at radius 2 is 2.55 bits per heavy atom. The second-order valence-corrected chi connectivity index (χ2v) is 5.51. The lowest BCUT2D eigenvalue weighted by molar-refractivity contribution is -0.122. The van der Waals surface area contributed by atoms with Crippen molar-refractivity contribution in [2.24, 2.45) is 0 Å². The fraction of sp³-hybridized carbons (Fsp3) is 0.500. The number of thiophene rings is 1. The van der Waals surface area contributed by atoms with Gasteiger partial charge in [-0.25, -0.2) is 0 Å². The Morgan fingerprint density at radius 3 is 3.30 bits per heavy atom. The van der Waals surface area contributed by atoms with Gasteiger partial charge in [-0.2, -0.15) is 4.80 Å². The van der Waals surface area contributed by atoms with Crippen molar-refractivity contribution < 1.29 is 9.53 Å². The SMILES string of the molecule is O=C(Cn1nnc(-c2cccs2)n1)NC[C@H]1CCCO1. The van der Waals surface area contributed by atoms with Gasteiger partial charge in [0.15, 0.2) is 0 Å². The summed E-state index contributed by atoms with van der Waals surface area (Å²) in [7, 11) is 0. The molecule has 0 spiro atoms. The fourth-order valence-electron chi connectivity index (χ4n) is 2.03. The average Bonchev–Trinajstić information content (AvgIpc) is 3.18. The molecule has 0 aliphatic carbocycles. The summed E-state index contributed by atoms with van der Waals surface area (Å²) in [5, 5.41) is 16.8. The van der Waals surface area contributed by atoms with Crippen molar-refractivity contribution in [3.05, 3.63) is 17.5 Å².